The molecule has 1 N–H and O–H groups in total. The maximum absolute atomic E-state index is 12.8. The number of rotatable bonds is 3. The van der Waals surface area contributed by atoms with E-state index in [9.17, 15) is 27.6 Å². The second kappa shape index (κ2) is 7.44. The largest absolute Gasteiger partial charge is 0.416 e. The number of piperidine rings is 1. The van der Waals surface area contributed by atoms with Crippen molar-refractivity contribution in [2.45, 2.75) is 31.0 Å². The molecule has 0 aliphatic carbocycles. The third-order valence-electron chi connectivity index (χ3n) is 5.44. The molecular weight excluding hydrogens is 375 g/mol. The number of amides is 3. The van der Waals surface area contributed by atoms with Crippen LogP contribution in [0, 0.1) is 5.92 Å². The number of alkyl halides is 3. The molecule has 2 aliphatic rings. The van der Waals surface area contributed by atoms with Crippen LogP contribution in [0.3, 0.4) is 0 Å². The Bertz CT molecular complexity index is 779. The van der Waals surface area contributed by atoms with Gasteiger partial charge in [0.15, 0.2) is 0 Å². The molecule has 3 amide bonds. The van der Waals surface area contributed by atoms with Crippen molar-refractivity contribution in [2.75, 3.05) is 27.2 Å². The lowest BCUT2D eigenvalue weighted by molar-refractivity contribution is -0.142. The lowest BCUT2D eigenvalue weighted by Crippen LogP contribution is -2.53. The monoisotopic (exact) mass is 397 g/mol. The molecule has 2 heterocycles. The van der Waals surface area contributed by atoms with E-state index in [1.54, 1.807) is 14.1 Å². The Morgan fingerprint density at radius 1 is 1.07 bits per heavy atom. The fourth-order valence-corrected chi connectivity index (χ4v) is 3.84. The first-order valence-electron chi connectivity index (χ1n) is 9.07. The second-order valence-corrected chi connectivity index (χ2v) is 7.39. The summed E-state index contributed by atoms with van der Waals surface area (Å²) in [4.78, 5) is 40.5. The Morgan fingerprint density at radius 3 is 2.32 bits per heavy atom. The van der Waals surface area contributed by atoms with E-state index in [1.165, 1.54) is 21.9 Å². The molecule has 0 bridgehead atoms. The highest BCUT2D eigenvalue weighted by molar-refractivity contribution is 6.04. The van der Waals surface area contributed by atoms with E-state index < -0.39 is 41.4 Å². The lowest BCUT2D eigenvalue weighted by atomic mass is 9.87. The van der Waals surface area contributed by atoms with Crippen molar-refractivity contribution in [3.63, 3.8) is 0 Å². The van der Waals surface area contributed by atoms with Gasteiger partial charge in [-0.05, 0) is 30.5 Å². The quantitative estimate of drug-likeness (QED) is 0.788. The van der Waals surface area contributed by atoms with Crippen LogP contribution in [0.15, 0.2) is 24.3 Å². The lowest BCUT2D eigenvalue weighted by Gasteiger charge is -2.30. The molecule has 0 radical (unpaired) electrons. The molecule has 152 valence electrons. The van der Waals surface area contributed by atoms with E-state index in [1.807, 2.05) is 0 Å². The molecule has 2 fully saturated rings. The van der Waals surface area contributed by atoms with Crippen LogP contribution in [-0.4, -0.2) is 60.7 Å². The Morgan fingerprint density at radius 2 is 1.71 bits per heavy atom. The van der Waals surface area contributed by atoms with Gasteiger partial charge in [-0.3, -0.25) is 14.4 Å². The van der Waals surface area contributed by atoms with Gasteiger partial charge in [0.25, 0.3) is 0 Å². The van der Waals surface area contributed by atoms with E-state index in [0.29, 0.717) is 18.5 Å². The van der Waals surface area contributed by atoms with Gasteiger partial charge in [0.05, 0.1) is 5.56 Å². The average Bonchev–Trinajstić information content (AvgIpc) is 2.93. The summed E-state index contributed by atoms with van der Waals surface area (Å²) >= 11 is 0. The van der Waals surface area contributed by atoms with E-state index in [-0.39, 0.29) is 12.5 Å². The van der Waals surface area contributed by atoms with Crippen molar-refractivity contribution in [1.29, 1.82) is 0 Å². The minimum absolute atomic E-state index is 0.204. The van der Waals surface area contributed by atoms with Crippen LogP contribution in [0.4, 0.5) is 13.2 Å². The molecule has 3 rings (SSSR count). The summed E-state index contributed by atoms with van der Waals surface area (Å²) in [5, 5.41) is 2.67. The number of likely N-dealkylation sites (tertiary alicyclic amines) is 2. The predicted octanol–water partition coefficient (Wildman–Crippen LogP) is 1.61. The number of benzene rings is 1. The van der Waals surface area contributed by atoms with Crippen molar-refractivity contribution >= 4 is 17.7 Å². The van der Waals surface area contributed by atoms with E-state index >= 15 is 0 Å². The number of nitrogens with zero attached hydrogens (tertiary/aromatic N) is 2. The Kier molecular flexibility index (Phi) is 5.36. The molecule has 1 unspecified atom stereocenters. The summed E-state index contributed by atoms with van der Waals surface area (Å²) in [6.45, 7) is 0.839. The summed E-state index contributed by atoms with van der Waals surface area (Å²) in [5.41, 5.74) is -0.302. The number of hydrogen-bond acceptors (Lipinski definition) is 3. The van der Waals surface area contributed by atoms with Crippen molar-refractivity contribution in [3.05, 3.63) is 35.4 Å². The summed E-state index contributed by atoms with van der Waals surface area (Å²) in [5.74, 6) is -2.81. The summed E-state index contributed by atoms with van der Waals surface area (Å²) in [6.07, 6.45) is -3.21. The topological polar surface area (TPSA) is 69.7 Å². The number of halogens is 3. The Hall–Kier alpha value is -2.58. The summed E-state index contributed by atoms with van der Waals surface area (Å²) in [7, 11) is 3.20. The van der Waals surface area contributed by atoms with Crippen molar-refractivity contribution in [1.82, 2.24) is 15.1 Å². The van der Waals surface area contributed by atoms with Crippen molar-refractivity contribution in [3.8, 4) is 0 Å². The molecule has 0 saturated carbocycles. The first-order chi connectivity index (χ1) is 13.1. The van der Waals surface area contributed by atoms with Gasteiger partial charge in [-0.25, -0.2) is 0 Å². The van der Waals surface area contributed by atoms with Gasteiger partial charge in [-0.15, -0.1) is 0 Å². The number of likely N-dealkylation sites (N-methyl/N-ethyl adjacent to an activating group) is 2. The molecule has 0 aromatic heterocycles. The van der Waals surface area contributed by atoms with Gasteiger partial charge in [0.2, 0.25) is 17.7 Å². The number of nitrogens with one attached hydrogen (secondary N) is 1. The molecule has 1 aromatic rings. The molecule has 6 nitrogen and oxygen atoms in total. The zero-order chi connectivity index (χ0) is 20.6. The fourth-order valence-electron chi connectivity index (χ4n) is 3.84. The molecule has 9 heteroatoms. The maximum Gasteiger partial charge on any atom is 0.416 e. The van der Waals surface area contributed by atoms with Crippen LogP contribution in [0.25, 0.3) is 0 Å². The van der Waals surface area contributed by atoms with Crippen molar-refractivity contribution < 1.29 is 27.6 Å². The molecular formula is C19H22F3N3O3. The van der Waals surface area contributed by atoms with Gasteiger partial charge >= 0.3 is 6.18 Å². The van der Waals surface area contributed by atoms with Gasteiger partial charge in [0.1, 0.15) is 12.0 Å². The van der Waals surface area contributed by atoms with E-state index in [2.05, 4.69) is 5.32 Å². The average molecular weight is 397 g/mol. The van der Waals surface area contributed by atoms with E-state index in [4.69, 9.17) is 0 Å². The normalized spacial score (nSPS) is 26.0. The first-order valence-corrected chi connectivity index (χ1v) is 9.07. The van der Waals surface area contributed by atoms with Crippen molar-refractivity contribution in [2.24, 2.45) is 5.92 Å². The highest BCUT2D eigenvalue weighted by Crippen LogP contribution is 2.36. The van der Waals surface area contributed by atoms with Crippen LogP contribution in [-0.2, 0) is 20.6 Å². The van der Waals surface area contributed by atoms with E-state index in [0.717, 1.165) is 18.6 Å². The fraction of sp³-hybridized carbons (Fsp3) is 0.526. The number of hydrogen-bond donors (Lipinski definition) is 1. The Balaban J connectivity index is 1.80. The predicted molar refractivity (Wildman–Crippen MR) is 94.1 cm³/mol. The molecule has 0 spiro atoms. The third kappa shape index (κ3) is 3.83. The number of carbonyl (C=O) groups is 3. The second-order valence-electron chi connectivity index (χ2n) is 7.39. The highest BCUT2D eigenvalue weighted by Gasteiger charge is 2.45. The van der Waals surface area contributed by atoms with Gasteiger partial charge in [-0.1, -0.05) is 12.1 Å². The number of carbonyl (C=O) groups excluding carboxylic acids is 3. The minimum Gasteiger partial charge on any atom is -0.344 e. The zero-order valence-electron chi connectivity index (χ0n) is 15.6. The van der Waals surface area contributed by atoms with Crippen LogP contribution < -0.4 is 5.32 Å². The zero-order valence-corrected chi connectivity index (χ0v) is 15.6. The van der Waals surface area contributed by atoms with Gasteiger partial charge in [-0.2, -0.15) is 13.2 Å². The maximum atomic E-state index is 12.8. The van der Waals surface area contributed by atoms with Crippen LogP contribution >= 0.6 is 0 Å². The van der Waals surface area contributed by atoms with Crippen LogP contribution in [0.5, 0.6) is 0 Å². The molecule has 1 aromatic carbocycles. The third-order valence-corrected chi connectivity index (χ3v) is 5.44. The van der Waals surface area contributed by atoms with Crippen LogP contribution in [0.2, 0.25) is 0 Å². The smallest absolute Gasteiger partial charge is 0.344 e. The summed E-state index contributed by atoms with van der Waals surface area (Å²) in [6, 6.07) is 3.83. The first kappa shape index (κ1) is 20.2. The standard InChI is InChI=1S/C19H22F3N3O3/c1-24-9-3-4-14(17(24)27)23-16(26)15-13(10-25(2)18(15)28)11-5-7-12(8-6-11)19(20,21)22/h5-8,13-15H,3-4,9-10H2,1-2H3,(H,23,26)/t13-,14?,15+/m1/s1. The minimum atomic E-state index is -4.45. The molecule has 28 heavy (non-hydrogen) atoms. The molecule has 3 atom stereocenters. The highest BCUT2D eigenvalue weighted by atomic mass is 19.4. The van der Waals surface area contributed by atoms with Gasteiger partial charge in [0, 0.05) is 33.1 Å². The van der Waals surface area contributed by atoms with Gasteiger partial charge < -0.3 is 15.1 Å². The Labute approximate surface area is 160 Å². The summed E-state index contributed by atoms with van der Waals surface area (Å²) < 4.78 is 38.4. The van der Waals surface area contributed by atoms with Crippen LogP contribution in [0.1, 0.15) is 29.9 Å². The molecule has 2 saturated heterocycles. The SMILES string of the molecule is CN1CCCC(NC(=O)[C@H]2C(=O)N(C)C[C@@H]2c2ccc(C(F)(F)F)cc2)C1=O. The molecule has 2 aliphatic heterocycles.